The fourth-order valence-electron chi connectivity index (χ4n) is 11.8. The average molecular weight is 2390 g/mol. The first-order valence-electron chi connectivity index (χ1n) is 31.4. The molecule has 0 bridgehead atoms. The molecule has 0 unspecified atom stereocenters. The number of aryl methyl sites for hydroxylation is 8. The van der Waals surface area contributed by atoms with Crippen molar-refractivity contribution in [2.24, 2.45) is 7.05 Å². The molecule has 18 rings (SSSR count). The SMILES string of the molecule is Cc1c(-c2ccccc2)n2ncnc2c2[c-]cccc12.Cc1nc(C)nc(-c2cn3ccnc3c3[c-]cccc23)n1.Cn1cc2c(n1)-c1[c-]c(F)ccc1CCC2.[Ir].[Ir].[Ir].[Ir].[Os+].[Pt].[c-]1cccc2c1-c1nccn1CCC2.[c-]1ccccc1-c1ccccn1.[c-]1ccccc1-c1ccccn1. The van der Waals surface area contributed by atoms with Crippen LogP contribution in [0, 0.1) is 63.0 Å². The number of fused-ring (bicyclic) bond motifs is 12. The van der Waals surface area contributed by atoms with Crippen LogP contribution in [0.4, 0.5) is 4.39 Å². The molecule has 1 aliphatic heterocycles. The molecule has 14 nitrogen and oxygen atoms in total. The molecule has 0 saturated heterocycles. The Hall–Kier alpha value is -8.05. The van der Waals surface area contributed by atoms with Gasteiger partial charge in [-0.3, -0.25) is 24.1 Å². The first-order chi connectivity index (χ1) is 46.7. The summed E-state index contributed by atoms with van der Waals surface area (Å²) in [6.07, 6.45) is 22.2. The normalized spacial score (nSPS) is 11.1. The summed E-state index contributed by atoms with van der Waals surface area (Å²) in [5.74, 6) is 2.88. The van der Waals surface area contributed by atoms with Crippen LogP contribution in [0.3, 0.4) is 0 Å². The van der Waals surface area contributed by atoms with Gasteiger partial charge < -0.3 is 18.9 Å². The Bertz CT molecular complexity index is 5070. The summed E-state index contributed by atoms with van der Waals surface area (Å²) in [6.45, 7) is 6.95. The van der Waals surface area contributed by atoms with Crippen LogP contribution in [0.15, 0.2) is 238 Å². The molecule has 0 atom stereocenters. The van der Waals surface area contributed by atoms with Gasteiger partial charge in [0.25, 0.3) is 0 Å². The van der Waals surface area contributed by atoms with Gasteiger partial charge in [-0.05, 0) is 68.3 Å². The molecule has 0 saturated carbocycles. The molecule has 0 N–H and O–H groups in total. The van der Waals surface area contributed by atoms with Crippen molar-refractivity contribution >= 4 is 32.8 Å². The van der Waals surface area contributed by atoms with Gasteiger partial charge in [-0.2, -0.15) is 5.10 Å². The summed E-state index contributed by atoms with van der Waals surface area (Å²) >= 11 is 0. The van der Waals surface area contributed by atoms with Crippen molar-refractivity contribution in [1.29, 1.82) is 0 Å². The van der Waals surface area contributed by atoms with Gasteiger partial charge in [0.15, 0.2) is 5.82 Å². The van der Waals surface area contributed by atoms with Crippen LogP contribution in [-0.2, 0) is 154 Å². The maximum atomic E-state index is 13.2. The van der Waals surface area contributed by atoms with E-state index in [1.54, 1.807) is 29.6 Å². The summed E-state index contributed by atoms with van der Waals surface area (Å²) in [4.78, 5) is 34.8. The second-order valence-corrected chi connectivity index (χ2v) is 22.5. The van der Waals surface area contributed by atoms with Crippen molar-refractivity contribution in [3.63, 3.8) is 0 Å². The van der Waals surface area contributed by atoms with E-state index in [4.69, 9.17) is 0 Å². The van der Waals surface area contributed by atoms with Crippen LogP contribution >= 0.6 is 0 Å². The minimum atomic E-state index is -0.308. The Kier molecular flexibility index (Phi) is 30.9. The summed E-state index contributed by atoms with van der Waals surface area (Å²) in [5, 5.41) is 13.0. The zero-order valence-electron chi connectivity index (χ0n) is 54.9. The van der Waals surface area contributed by atoms with Crippen molar-refractivity contribution in [2.75, 3.05) is 0 Å². The summed E-state index contributed by atoms with van der Waals surface area (Å²) < 4.78 is 21.1. The number of halogens is 1. The van der Waals surface area contributed by atoms with Gasteiger partial charge in [-0.1, -0.05) is 90.2 Å². The van der Waals surface area contributed by atoms with E-state index < -0.39 is 0 Å². The third-order valence-electron chi connectivity index (χ3n) is 16.1. The Morgan fingerprint density at radius 1 is 0.495 bits per heavy atom. The predicted molar refractivity (Wildman–Crippen MR) is 371 cm³/mol. The van der Waals surface area contributed by atoms with E-state index in [0.29, 0.717) is 5.82 Å². The molecule has 10 heterocycles. The van der Waals surface area contributed by atoms with Crippen LogP contribution in [0.5, 0.6) is 0 Å². The molecule has 519 valence electrons. The van der Waals surface area contributed by atoms with E-state index >= 15 is 0 Å². The van der Waals surface area contributed by atoms with E-state index in [1.807, 2.05) is 206 Å². The van der Waals surface area contributed by atoms with Gasteiger partial charge in [0.1, 0.15) is 18.0 Å². The molecule has 0 fully saturated rings. The topological polar surface area (TPSA) is 148 Å². The molecule has 0 spiro atoms. The van der Waals surface area contributed by atoms with E-state index in [1.165, 1.54) is 40.1 Å². The molecule has 1 aliphatic carbocycles. The van der Waals surface area contributed by atoms with Gasteiger partial charge in [0, 0.05) is 182 Å². The van der Waals surface area contributed by atoms with Crippen molar-refractivity contribution in [1.82, 2.24) is 68.2 Å². The van der Waals surface area contributed by atoms with Gasteiger partial charge in [-0.15, -0.1) is 196 Å². The van der Waals surface area contributed by atoms with E-state index in [2.05, 4.69) is 128 Å². The maximum absolute atomic E-state index is 13.2. The molecule has 0 amide bonds. The van der Waals surface area contributed by atoms with Crippen molar-refractivity contribution in [2.45, 2.75) is 59.4 Å². The molecule has 2 aliphatic rings. The number of nitrogens with zero attached hydrogens (tertiary/aromatic N) is 14. The number of rotatable bonds is 4. The number of hydrogen-bond acceptors (Lipinski definition) is 10. The number of benzene rings is 7. The minimum absolute atomic E-state index is 0. The fourth-order valence-corrected chi connectivity index (χ4v) is 11.8. The van der Waals surface area contributed by atoms with Crippen LogP contribution in [0.1, 0.15) is 46.7 Å². The summed E-state index contributed by atoms with van der Waals surface area (Å²) in [6, 6.07) is 78.0. The van der Waals surface area contributed by atoms with E-state index in [9.17, 15) is 4.39 Å². The van der Waals surface area contributed by atoms with Crippen LogP contribution < -0.4 is 0 Å². The fraction of sp³-hybridized carbons (Fsp3) is 0.125. The number of imidazole rings is 2. The first-order valence-corrected chi connectivity index (χ1v) is 31.4. The second-order valence-electron chi connectivity index (χ2n) is 22.5. The second kappa shape index (κ2) is 38.8. The van der Waals surface area contributed by atoms with Crippen molar-refractivity contribution < 1.29 is 126 Å². The third-order valence-corrected chi connectivity index (χ3v) is 16.1. The van der Waals surface area contributed by atoms with Crippen LogP contribution in [0.2, 0.25) is 0 Å². The maximum Gasteiger partial charge on any atom is 1.00 e. The molecule has 16 aromatic rings. The third kappa shape index (κ3) is 19.4. The number of hydrogen-bond donors (Lipinski definition) is 0. The predicted octanol–water partition coefficient (Wildman–Crippen LogP) is 16.3. The summed E-state index contributed by atoms with van der Waals surface area (Å²) in [5.41, 5.74) is 16.8. The minimum Gasteiger partial charge on any atom is -0.371 e. The quantitative estimate of drug-likeness (QED) is 0.156. The number of pyridine rings is 4. The van der Waals surface area contributed by atoms with Gasteiger partial charge >= 0.3 is 19.8 Å². The monoisotopic (exact) mass is 2400 g/mol. The zero-order valence-corrected chi connectivity index (χ0v) is 69.3. The van der Waals surface area contributed by atoms with Crippen molar-refractivity contribution in [3.05, 3.63) is 314 Å². The smallest absolute Gasteiger partial charge is 0.371 e. The van der Waals surface area contributed by atoms with E-state index in [-0.39, 0.29) is 127 Å². The summed E-state index contributed by atoms with van der Waals surface area (Å²) in [7, 11) is 1.90. The molecule has 9 aromatic heterocycles. The van der Waals surface area contributed by atoms with Gasteiger partial charge in [0.2, 0.25) is 0 Å². The zero-order chi connectivity index (χ0) is 64.9. The standard InChI is InChI=1S/C17H12N3.C16H12N5.C13H12FN2.C12H11N2.2C11H8N.4Ir.Os.Pt/c1-12-14-9-5-6-10-15(14)17-18-11-19-20(17)16(12)13-7-3-2-4-8-13;1-10-18-11(2)20-15(19-10)14-9-21-8-7-17-16(21)13-6-4-3-5-12(13)14;1-16-8-10-4-2-3-9-5-6-11(14)7-12(9)13(10)15-16;1-2-6-11-10(4-1)5-3-8-14-9-7-13-12(11)14;2*1-2-6-10(7-3-1)11-8-4-5-9-12-11;;;;;;/h2-9,11H,1H3;3-5,7-9H,1-2H3;5-6,8H,2-4H2,1H3;1-2,4,7,9H,3,5,8H2;2*1-6,8-9H;;;;;;/q6*-1;;;;;+1;. The Morgan fingerprint density at radius 3 is 1.75 bits per heavy atom. The molecule has 7 aromatic carbocycles. The van der Waals surface area contributed by atoms with Crippen LogP contribution in [-0.4, -0.2) is 68.2 Å². The molecular formula is C80H63FIr4N14OsPt-5. The molecule has 101 heavy (non-hydrogen) atoms. The largest absolute Gasteiger partial charge is 1.00 e. The van der Waals surface area contributed by atoms with Crippen molar-refractivity contribution in [3.8, 4) is 67.8 Å². The Labute approximate surface area is 668 Å². The Balaban J connectivity index is 0.000000170. The van der Waals surface area contributed by atoms with Gasteiger partial charge in [0.05, 0.1) is 22.8 Å². The first kappa shape index (κ1) is 80.3. The Morgan fingerprint density at radius 2 is 1.09 bits per heavy atom. The number of aromatic nitrogens is 14. The average Bonchev–Trinajstić information content (AvgIpc) is 1.75. The molecular weight excluding hydrogens is 2330 g/mol. The molecule has 5 radical (unpaired) electrons. The van der Waals surface area contributed by atoms with Gasteiger partial charge in [-0.25, -0.2) is 24.4 Å². The molecule has 21 heteroatoms. The van der Waals surface area contributed by atoms with Crippen LogP contribution in [0.25, 0.3) is 101 Å². The van der Waals surface area contributed by atoms with E-state index in [0.717, 1.165) is 133 Å².